The van der Waals surface area contributed by atoms with E-state index in [9.17, 15) is 0 Å². The molecule has 0 bridgehead atoms. The van der Waals surface area contributed by atoms with Gasteiger partial charge in [-0.05, 0) is 11.8 Å². The van der Waals surface area contributed by atoms with Crippen molar-refractivity contribution in [2.75, 3.05) is 0 Å². The summed E-state index contributed by atoms with van der Waals surface area (Å²) < 4.78 is 0. The molecule has 1 saturated carbocycles. The van der Waals surface area contributed by atoms with Crippen molar-refractivity contribution in [2.24, 2.45) is 11.8 Å². The maximum Gasteiger partial charge on any atom is 0.290 e. The molecule has 1 aliphatic rings. The fraction of sp³-hybridized carbons (Fsp3) is 0.889. The van der Waals surface area contributed by atoms with Crippen molar-refractivity contribution in [3.63, 3.8) is 0 Å². The van der Waals surface area contributed by atoms with Gasteiger partial charge in [-0.2, -0.15) is 0 Å². The molecular formula is C9H18O2. The zero-order chi connectivity index (χ0) is 8.69. The Morgan fingerprint density at radius 2 is 1.73 bits per heavy atom. The molecule has 0 atom stereocenters. The third kappa shape index (κ3) is 4.82. The molecule has 0 heterocycles. The first kappa shape index (κ1) is 10.5. The molecule has 1 N–H and O–H groups in total. The third-order valence-corrected chi connectivity index (χ3v) is 2.34. The van der Waals surface area contributed by atoms with E-state index in [1.165, 1.54) is 25.7 Å². The van der Waals surface area contributed by atoms with Crippen LogP contribution in [0.5, 0.6) is 0 Å². The summed E-state index contributed by atoms with van der Waals surface area (Å²) in [6.07, 6.45) is 5.97. The fourth-order valence-corrected chi connectivity index (χ4v) is 1.62. The van der Waals surface area contributed by atoms with Crippen molar-refractivity contribution in [2.45, 2.75) is 39.5 Å². The number of carbonyl (C=O) groups is 1. The van der Waals surface area contributed by atoms with E-state index in [0.717, 1.165) is 11.8 Å². The van der Waals surface area contributed by atoms with E-state index in [2.05, 4.69) is 13.8 Å². The summed E-state index contributed by atoms with van der Waals surface area (Å²) >= 11 is 0. The van der Waals surface area contributed by atoms with Gasteiger partial charge in [-0.3, -0.25) is 4.79 Å². The molecule has 0 aromatic heterocycles. The van der Waals surface area contributed by atoms with E-state index in [1.54, 1.807) is 0 Å². The first-order chi connectivity index (χ1) is 5.22. The van der Waals surface area contributed by atoms with Crippen molar-refractivity contribution < 1.29 is 9.90 Å². The van der Waals surface area contributed by atoms with Crippen LogP contribution in [0.2, 0.25) is 0 Å². The first-order valence-electron chi connectivity index (χ1n) is 4.30. The summed E-state index contributed by atoms with van der Waals surface area (Å²) in [5, 5.41) is 6.89. The van der Waals surface area contributed by atoms with E-state index in [1.807, 2.05) is 0 Å². The van der Waals surface area contributed by atoms with Crippen LogP contribution in [0.4, 0.5) is 0 Å². The highest BCUT2D eigenvalue weighted by molar-refractivity contribution is 5.32. The molecule has 0 aliphatic heterocycles. The standard InChI is InChI=1S/C8H16.CH2O2/c1-7(2)8-5-3-4-6-8;2-1-3/h7-8H,3-6H2,1-2H3;1H,(H,2,3). The van der Waals surface area contributed by atoms with E-state index < -0.39 is 0 Å². The van der Waals surface area contributed by atoms with Crippen LogP contribution in [0.15, 0.2) is 0 Å². The van der Waals surface area contributed by atoms with Crippen molar-refractivity contribution in [1.29, 1.82) is 0 Å². The average Bonchev–Trinajstić information content (AvgIpc) is 2.38. The Labute approximate surface area is 68.6 Å². The lowest BCUT2D eigenvalue weighted by Crippen LogP contribution is -2.01. The van der Waals surface area contributed by atoms with Gasteiger partial charge in [0.2, 0.25) is 0 Å². The largest absolute Gasteiger partial charge is 0.483 e. The summed E-state index contributed by atoms with van der Waals surface area (Å²) in [4.78, 5) is 8.36. The van der Waals surface area contributed by atoms with Gasteiger partial charge in [0.15, 0.2) is 0 Å². The van der Waals surface area contributed by atoms with Gasteiger partial charge in [0, 0.05) is 0 Å². The fourth-order valence-electron chi connectivity index (χ4n) is 1.62. The zero-order valence-corrected chi connectivity index (χ0v) is 7.42. The highest BCUT2D eigenvalue weighted by Gasteiger charge is 2.17. The molecular weight excluding hydrogens is 140 g/mol. The van der Waals surface area contributed by atoms with Crippen LogP contribution in [-0.4, -0.2) is 11.6 Å². The molecule has 0 unspecified atom stereocenters. The first-order valence-corrected chi connectivity index (χ1v) is 4.30. The molecule has 0 aromatic carbocycles. The van der Waals surface area contributed by atoms with E-state index >= 15 is 0 Å². The SMILES string of the molecule is CC(C)C1CCCC1.O=CO. The van der Waals surface area contributed by atoms with Gasteiger partial charge in [-0.25, -0.2) is 0 Å². The van der Waals surface area contributed by atoms with Crippen LogP contribution in [0.1, 0.15) is 39.5 Å². The Morgan fingerprint density at radius 3 is 1.91 bits per heavy atom. The molecule has 0 amide bonds. The highest BCUT2D eigenvalue weighted by Crippen LogP contribution is 2.30. The number of hydrogen-bond donors (Lipinski definition) is 1. The smallest absolute Gasteiger partial charge is 0.290 e. The minimum atomic E-state index is -0.250. The molecule has 1 fully saturated rings. The lowest BCUT2D eigenvalue weighted by Gasteiger charge is -2.11. The topological polar surface area (TPSA) is 37.3 Å². The van der Waals surface area contributed by atoms with Crippen LogP contribution in [0, 0.1) is 11.8 Å². The van der Waals surface area contributed by atoms with Gasteiger partial charge in [0.1, 0.15) is 0 Å². The Morgan fingerprint density at radius 1 is 1.36 bits per heavy atom. The van der Waals surface area contributed by atoms with Gasteiger partial charge >= 0.3 is 0 Å². The molecule has 0 radical (unpaired) electrons. The van der Waals surface area contributed by atoms with Gasteiger partial charge in [0.25, 0.3) is 6.47 Å². The van der Waals surface area contributed by atoms with Crippen LogP contribution in [0.3, 0.4) is 0 Å². The normalized spacial score (nSPS) is 17.7. The molecule has 0 aromatic rings. The Balaban J connectivity index is 0.000000292. The summed E-state index contributed by atoms with van der Waals surface area (Å²) in [5.41, 5.74) is 0. The molecule has 66 valence electrons. The molecule has 0 spiro atoms. The Bertz CT molecular complexity index is 93.7. The summed E-state index contributed by atoms with van der Waals surface area (Å²) in [6, 6.07) is 0. The van der Waals surface area contributed by atoms with Crippen LogP contribution in [-0.2, 0) is 4.79 Å². The van der Waals surface area contributed by atoms with Gasteiger partial charge in [-0.1, -0.05) is 39.5 Å². The quantitative estimate of drug-likeness (QED) is 0.595. The van der Waals surface area contributed by atoms with Crippen LogP contribution >= 0.6 is 0 Å². The van der Waals surface area contributed by atoms with E-state index in [0.29, 0.717) is 0 Å². The Kier molecular flexibility index (Phi) is 5.90. The van der Waals surface area contributed by atoms with Gasteiger partial charge in [-0.15, -0.1) is 0 Å². The van der Waals surface area contributed by atoms with E-state index in [4.69, 9.17) is 9.90 Å². The number of rotatable bonds is 1. The molecule has 2 nitrogen and oxygen atoms in total. The monoisotopic (exact) mass is 158 g/mol. The average molecular weight is 158 g/mol. The van der Waals surface area contributed by atoms with E-state index in [-0.39, 0.29) is 6.47 Å². The predicted molar refractivity (Wildman–Crippen MR) is 45.5 cm³/mol. The lowest BCUT2D eigenvalue weighted by atomic mass is 9.95. The maximum atomic E-state index is 8.36. The molecule has 1 aliphatic carbocycles. The summed E-state index contributed by atoms with van der Waals surface area (Å²) in [7, 11) is 0. The van der Waals surface area contributed by atoms with Crippen LogP contribution < -0.4 is 0 Å². The Hall–Kier alpha value is -0.530. The minimum absolute atomic E-state index is 0.250. The van der Waals surface area contributed by atoms with Crippen molar-refractivity contribution >= 4 is 6.47 Å². The molecule has 2 heteroatoms. The minimum Gasteiger partial charge on any atom is -0.483 e. The zero-order valence-electron chi connectivity index (χ0n) is 7.42. The predicted octanol–water partition coefficient (Wildman–Crippen LogP) is 2.53. The van der Waals surface area contributed by atoms with Gasteiger partial charge in [0.05, 0.1) is 0 Å². The summed E-state index contributed by atoms with van der Waals surface area (Å²) in [6.45, 7) is 4.44. The van der Waals surface area contributed by atoms with Crippen molar-refractivity contribution in [1.82, 2.24) is 0 Å². The molecule has 11 heavy (non-hydrogen) atoms. The molecule has 1 rings (SSSR count). The van der Waals surface area contributed by atoms with Crippen LogP contribution in [0.25, 0.3) is 0 Å². The summed E-state index contributed by atoms with van der Waals surface area (Å²) in [5.74, 6) is 2.01. The van der Waals surface area contributed by atoms with Crippen molar-refractivity contribution in [3.8, 4) is 0 Å². The van der Waals surface area contributed by atoms with Gasteiger partial charge < -0.3 is 5.11 Å². The number of carboxylic acid groups (broad SMARTS) is 1. The number of hydrogen-bond acceptors (Lipinski definition) is 1. The third-order valence-electron chi connectivity index (χ3n) is 2.34. The second kappa shape index (κ2) is 6.20. The second-order valence-electron chi connectivity index (χ2n) is 3.39. The lowest BCUT2D eigenvalue weighted by molar-refractivity contribution is -0.122. The molecule has 0 saturated heterocycles. The maximum absolute atomic E-state index is 8.36. The second-order valence-corrected chi connectivity index (χ2v) is 3.39. The van der Waals surface area contributed by atoms with Crippen molar-refractivity contribution in [3.05, 3.63) is 0 Å². The highest BCUT2D eigenvalue weighted by atomic mass is 16.3.